The van der Waals surface area contributed by atoms with Crippen molar-refractivity contribution in [2.75, 3.05) is 6.54 Å². The van der Waals surface area contributed by atoms with Crippen LogP contribution in [-0.2, 0) is 36.9 Å². The molecule has 5 atom stereocenters. The van der Waals surface area contributed by atoms with E-state index in [1.165, 1.54) is 9.80 Å². The number of halogens is 1. The van der Waals surface area contributed by atoms with Crippen molar-refractivity contribution in [3.05, 3.63) is 46.5 Å². The molecule has 0 radical (unpaired) electrons. The van der Waals surface area contributed by atoms with E-state index >= 15 is 0 Å². The van der Waals surface area contributed by atoms with E-state index in [4.69, 9.17) is 21.1 Å². The van der Waals surface area contributed by atoms with Crippen molar-refractivity contribution < 1.29 is 38.6 Å². The van der Waals surface area contributed by atoms with Gasteiger partial charge in [0.05, 0.1) is 13.1 Å². The third-order valence-corrected chi connectivity index (χ3v) is 9.12. The van der Waals surface area contributed by atoms with E-state index in [-0.39, 0.29) is 31.8 Å². The van der Waals surface area contributed by atoms with Gasteiger partial charge < -0.3 is 30.1 Å². The first kappa shape index (κ1) is 32.6. The van der Waals surface area contributed by atoms with E-state index in [2.05, 4.69) is 10.6 Å². The number of nitrogens with zero attached hydrogens (tertiary/aromatic N) is 2. The average Bonchev–Trinajstić information content (AvgIpc) is 3.27. The number of carboxylic acid groups (broad SMARTS) is 1. The molecule has 45 heavy (non-hydrogen) atoms. The van der Waals surface area contributed by atoms with Crippen molar-refractivity contribution in [1.82, 2.24) is 20.4 Å². The van der Waals surface area contributed by atoms with Crippen molar-refractivity contribution in [2.45, 2.75) is 108 Å². The number of aliphatic carboxylic acids is 1. The summed E-state index contributed by atoms with van der Waals surface area (Å²) in [7, 11) is 0. The SMILES string of the molecule is CC(C)(C)OC(=O)N[C@H]1CCCCC/C=C\[C@H]2C[C@@]2(C(=O)O)NC(=O)[C@@H]2C[C@@H](OC(=O)N3Cc4cccc(Cl)c4C3)CN2C1=O. The predicted molar refractivity (Wildman–Crippen MR) is 163 cm³/mol. The van der Waals surface area contributed by atoms with Gasteiger partial charge in [-0.15, -0.1) is 0 Å². The molecule has 3 N–H and O–H groups in total. The first-order chi connectivity index (χ1) is 21.3. The Balaban J connectivity index is 1.37. The average molecular weight is 645 g/mol. The molecule has 0 aromatic heterocycles. The molecule has 4 aliphatic rings. The molecule has 1 aliphatic carbocycles. The van der Waals surface area contributed by atoms with E-state index in [0.29, 0.717) is 24.4 Å². The minimum atomic E-state index is -1.47. The molecule has 3 aliphatic heterocycles. The standard InChI is InChI=1S/C32H41ClN4O8/c1-31(2,3)45-29(42)34-24-13-8-6-4-5-7-11-20-15-32(20,28(40)41)35-26(38)25-14-21(17-37(25)27(24)39)44-30(43)36-16-19-10-9-12-23(33)22(19)18-36/h7,9-12,20-21,24-25H,4-6,8,13-18H2,1-3H3,(H,34,42)(H,35,38)(H,40,41)/b11-7-/t20-,21+,24-,25-,32+/m0/s1. The number of rotatable bonds is 3. The van der Waals surface area contributed by atoms with Gasteiger partial charge in [-0.05, 0) is 63.6 Å². The van der Waals surface area contributed by atoms with Gasteiger partial charge in [0, 0.05) is 23.9 Å². The summed E-state index contributed by atoms with van der Waals surface area (Å²) in [5.74, 6) is -2.69. The van der Waals surface area contributed by atoms with Crippen LogP contribution in [-0.4, -0.2) is 80.7 Å². The number of amides is 4. The highest BCUT2D eigenvalue weighted by Gasteiger charge is 2.61. The molecule has 1 aromatic rings. The zero-order chi connectivity index (χ0) is 32.5. The Labute approximate surface area is 267 Å². The van der Waals surface area contributed by atoms with E-state index in [0.717, 1.165) is 30.4 Å². The number of alkyl carbamates (subject to hydrolysis) is 1. The molecule has 4 amide bonds. The summed E-state index contributed by atoms with van der Waals surface area (Å²) < 4.78 is 11.2. The number of carbonyl (C=O) groups excluding carboxylic acids is 4. The monoisotopic (exact) mass is 644 g/mol. The molecule has 12 nitrogen and oxygen atoms in total. The first-order valence-electron chi connectivity index (χ1n) is 15.5. The quantitative estimate of drug-likeness (QED) is 0.415. The smallest absolute Gasteiger partial charge is 0.410 e. The second-order valence-electron chi connectivity index (χ2n) is 13.3. The number of hydrogen-bond donors (Lipinski definition) is 3. The van der Waals surface area contributed by atoms with Crippen molar-refractivity contribution >= 4 is 41.6 Å². The van der Waals surface area contributed by atoms with Gasteiger partial charge in [0.2, 0.25) is 11.8 Å². The highest BCUT2D eigenvalue weighted by atomic mass is 35.5. The van der Waals surface area contributed by atoms with Gasteiger partial charge in [-0.1, -0.05) is 48.7 Å². The van der Waals surface area contributed by atoms with Crippen LogP contribution in [0.3, 0.4) is 0 Å². The van der Waals surface area contributed by atoms with E-state index < -0.39 is 59.3 Å². The Morgan fingerprint density at radius 1 is 1.13 bits per heavy atom. The number of fused-ring (bicyclic) bond motifs is 3. The molecule has 1 saturated heterocycles. The summed E-state index contributed by atoms with van der Waals surface area (Å²) in [4.78, 5) is 68.9. The van der Waals surface area contributed by atoms with Crippen LogP contribution in [0.2, 0.25) is 5.02 Å². The van der Waals surface area contributed by atoms with Crippen molar-refractivity contribution in [2.24, 2.45) is 5.92 Å². The fourth-order valence-electron chi connectivity index (χ4n) is 6.32. The Hall–Kier alpha value is -3.80. The number of ether oxygens (including phenoxy) is 2. The molecule has 1 aromatic carbocycles. The summed E-state index contributed by atoms with van der Waals surface area (Å²) in [5, 5.41) is 16.0. The van der Waals surface area contributed by atoms with Crippen molar-refractivity contribution in [3.63, 3.8) is 0 Å². The third kappa shape index (κ3) is 7.37. The van der Waals surface area contributed by atoms with E-state index in [1.807, 2.05) is 24.3 Å². The summed E-state index contributed by atoms with van der Waals surface area (Å²) in [5.41, 5.74) is -0.504. The largest absolute Gasteiger partial charge is 0.479 e. The molecule has 2 fully saturated rings. The van der Waals surface area contributed by atoms with Crippen LogP contribution < -0.4 is 10.6 Å². The fourth-order valence-corrected chi connectivity index (χ4v) is 6.58. The number of carboxylic acids is 1. The number of carbonyl (C=O) groups is 5. The van der Waals surface area contributed by atoms with Crippen LogP contribution in [0, 0.1) is 5.92 Å². The number of hydrogen-bond acceptors (Lipinski definition) is 7. The number of allylic oxidation sites excluding steroid dienone is 1. The summed E-state index contributed by atoms with van der Waals surface area (Å²) >= 11 is 6.32. The molecule has 244 valence electrons. The predicted octanol–water partition coefficient (Wildman–Crippen LogP) is 4.13. The van der Waals surface area contributed by atoms with Gasteiger partial charge in [0.1, 0.15) is 29.3 Å². The maximum Gasteiger partial charge on any atom is 0.410 e. The fraction of sp³-hybridized carbons (Fsp3) is 0.594. The van der Waals surface area contributed by atoms with E-state index in [1.54, 1.807) is 26.8 Å². The highest BCUT2D eigenvalue weighted by Crippen LogP contribution is 2.45. The summed E-state index contributed by atoms with van der Waals surface area (Å²) in [6, 6.07) is 3.35. The maximum atomic E-state index is 14.1. The number of benzene rings is 1. The van der Waals surface area contributed by atoms with Gasteiger partial charge in [0.25, 0.3) is 0 Å². The van der Waals surface area contributed by atoms with Crippen LogP contribution in [0.4, 0.5) is 9.59 Å². The minimum Gasteiger partial charge on any atom is -0.479 e. The highest BCUT2D eigenvalue weighted by molar-refractivity contribution is 6.31. The van der Waals surface area contributed by atoms with Gasteiger partial charge >= 0.3 is 18.2 Å². The molecular weight excluding hydrogens is 604 g/mol. The normalized spacial score (nSPS) is 29.2. The van der Waals surface area contributed by atoms with Crippen molar-refractivity contribution in [3.8, 4) is 0 Å². The lowest BCUT2D eigenvalue weighted by Gasteiger charge is -2.30. The Bertz CT molecular complexity index is 1390. The van der Waals surface area contributed by atoms with Crippen LogP contribution in [0.5, 0.6) is 0 Å². The van der Waals surface area contributed by atoms with Gasteiger partial charge in [-0.25, -0.2) is 14.4 Å². The molecule has 3 heterocycles. The second kappa shape index (κ2) is 12.9. The molecule has 1 saturated carbocycles. The van der Waals surface area contributed by atoms with Crippen LogP contribution >= 0.6 is 11.6 Å². The van der Waals surface area contributed by atoms with Crippen LogP contribution in [0.1, 0.15) is 76.8 Å². The molecular formula is C32H41ClN4O8. The molecule has 0 unspecified atom stereocenters. The Morgan fingerprint density at radius 2 is 1.91 bits per heavy atom. The Kier molecular flexibility index (Phi) is 9.34. The second-order valence-corrected chi connectivity index (χ2v) is 13.7. The first-order valence-corrected chi connectivity index (χ1v) is 15.9. The van der Waals surface area contributed by atoms with Gasteiger partial charge in [-0.3, -0.25) is 14.5 Å². The molecule has 0 spiro atoms. The molecule has 0 bridgehead atoms. The van der Waals surface area contributed by atoms with Gasteiger partial charge in [-0.2, -0.15) is 0 Å². The molecule has 13 heteroatoms. The maximum absolute atomic E-state index is 14.1. The molecule has 5 rings (SSSR count). The van der Waals surface area contributed by atoms with Gasteiger partial charge in [0.15, 0.2) is 0 Å². The minimum absolute atomic E-state index is 0.0276. The van der Waals surface area contributed by atoms with E-state index in [9.17, 15) is 29.1 Å². The Morgan fingerprint density at radius 3 is 2.62 bits per heavy atom. The lowest BCUT2D eigenvalue weighted by molar-refractivity contribution is -0.145. The van der Waals surface area contributed by atoms with Crippen molar-refractivity contribution in [1.29, 1.82) is 0 Å². The summed E-state index contributed by atoms with van der Waals surface area (Å²) in [6.45, 7) is 5.63. The van der Waals surface area contributed by atoms with Crippen LogP contribution in [0.15, 0.2) is 30.4 Å². The lowest BCUT2D eigenvalue weighted by Crippen LogP contribution is -2.56. The zero-order valence-electron chi connectivity index (χ0n) is 25.8. The number of nitrogens with one attached hydrogen (secondary N) is 2. The lowest BCUT2D eigenvalue weighted by atomic mass is 10.0. The summed E-state index contributed by atoms with van der Waals surface area (Å²) in [6.07, 6.45) is 5.04. The van der Waals surface area contributed by atoms with Crippen LogP contribution in [0.25, 0.3) is 0 Å². The third-order valence-electron chi connectivity index (χ3n) is 8.76. The topological polar surface area (TPSA) is 155 Å². The zero-order valence-corrected chi connectivity index (χ0v) is 26.6.